The van der Waals surface area contributed by atoms with E-state index >= 15 is 0 Å². The van der Waals surface area contributed by atoms with E-state index in [4.69, 9.17) is 4.74 Å². The van der Waals surface area contributed by atoms with Crippen LogP contribution in [-0.4, -0.2) is 29.4 Å². The number of aryl methyl sites for hydroxylation is 1. The Morgan fingerprint density at radius 2 is 1.81 bits per heavy atom. The normalized spacial score (nSPS) is 16.1. The predicted molar refractivity (Wildman–Crippen MR) is 144 cm³/mol. The standard InChI is InChI=1S/C31H35FN2O3/c1-6-27(29(35)33-24-9-7-8-20(2)18-24)37-25-15-12-21-16-17-34(30(36)31(3,4)5)28(26(21)19-25)22-10-13-23(32)14-11-22/h7-15,18-19,27-28H,6,16-17H2,1-5H3,(H,33,35)/t27-,28-/m1/s1. The van der Waals surface area contributed by atoms with Crippen LogP contribution in [0.3, 0.4) is 0 Å². The van der Waals surface area contributed by atoms with Crippen molar-refractivity contribution in [2.75, 3.05) is 11.9 Å². The lowest BCUT2D eigenvalue weighted by atomic mass is 9.85. The minimum absolute atomic E-state index is 0.0303. The first kappa shape index (κ1) is 26.4. The summed E-state index contributed by atoms with van der Waals surface area (Å²) in [6.07, 6.45) is 0.518. The van der Waals surface area contributed by atoms with Gasteiger partial charge in [-0.25, -0.2) is 4.39 Å². The second kappa shape index (κ2) is 10.8. The number of amides is 2. The van der Waals surface area contributed by atoms with Crippen molar-refractivity contribution in [3.8, 4) is 5.75 Å². The van der Waals surface area contributed by atoms with Gasteiger partial charge in [0.2, 0.25) is 5.91 Å². The topological polar surface area (TPSA) is 58.6 Å². The maximum atomic E-state index is 13.8. The Labute approximate surface area is 218 Å². The molecule has 0 saturated carbocycles. The minimum atomic E-state index is -0.682. The van der Waals surface area contributed by atoms with Crippen molar-refractivity contribution in [2.45, 2.75) is 59.6 Å². The third-order valence-electron chi connectivity index (χ3n) is 6.66. The summed E-state index contributed by atoms with van der Waals surface area (Å²) in [7, 11) is 0. The highest BCUT2D eigenvalue weighted by atomic mass is 19.1. The van der Waals surface area contributed by atoms with E-state index in [9.17, 15) is 14.0 Å². The molecule has 4 rings (SSSR count). The molecule has 0 aliphatic carbocycles. The largest absolute Gasteiger partial charge is 0.481 e. The summed E-state index contributed by atoms with van der Waals surface area (Å²) < 4.78 is 19.9. The zero-order chi connectivity index (χ0) is 26.7. The fourth-order valence-corrected chi connectivity index (χ4v) is 4.75. The molecule has 0 aromatic heterocycles. The highest BCUT2D eigenvalue weighted by Gasteiger charge is 2.37. The average molecular weight is 503 g/mol. The Kier molecular flexibility index (Phi) is 7.67. The second-order valence-corrected chi connectivity index (χ2v) is 10.7. The lowest BCUT2D eigenvalue weighted by Gasteiger charge is -2.41. The van der Waals surface area contributed by atoms with E-state index < -0.39 is 11.5 Å². The second-order valence-electron chi connectivity index (χ2n) is 10.7. The smallest absolute Gasteiger partial charge is 0.265 e. The van der Waals surface area contributed by atoms with Crippen LogP contribution in [0.25, 0.3) is 0 Å². The molecule has 0 spiro atoms. The van der Waals surface area contributed by atoms with E-state index in [-0.39, 0.29) is 23.7 Å². The quantitative estimate of drug-likeness (QED) is 0.421. The van der Waals surface area contributed by atoms with Crippen molar-refractivity contribution in [1.29, 1.82) is 0 Å². The van der Waals surface area contributed by atoms with Gasteiger partial charge in [0, 0.05) is 17.6 Å². The first-order chi connectivity index (χ1) is 17.6. The Morgan fingerprint density at radius 1 is 1.08 bits per heavy atom. The molecule has 6 heteroatoms. The molecular weight excluding hydrogens is 467 g/mol. The van der Waals surface area contributed by atoms with Crippen molar-refractivity contribution >= 4 is 17.5 Å². The number of nitrogens with zero attached hydrogens (tertiary/aromatic N) is 1. The van der Waals surface area contributed by atoms with Gasteiger partial charge in [0.15, 0.2) is 6.10 Å². The van der Waals surface area contributed by atoms with E-state index in [0.29, 0.717) is 25.1 Å². The van der Waals surface area contributed by atoms with Crippen LogP contribution in [0.1, 0.15) is 62.4 Å². The van der Waals surface area contributed by atoms with Crippen molar-refractivity contribution in [3.63, 3.8) is 0 Å². The monoisotopic (exact) mass is 502 g/mol. The van der Waals surface area contributed by atoms with Gasteiger partial charge in [0.25, 0.3) is 5.91 Å². The Bertz CT molecular complexity index is 1280. The fraction of sp³-hybridized carbons (Fsp3) is 0.355. The number of halogens is 1. The lowest BCUT2D eigenvalue weighted by molar-refractivity contribution is -0.141. The summed E-state index contributed by atoms with van der Waals surface area (Å²) in [6, 6.07) is 19.4. The molecule has 3 aromatic rings. The fourth-order valence-electron chi connectivity index (χ4n) is 4.75. The zero-order valence-corrected chi connectivity index (χ0v) is 22.2. The first-order valence-electron chi connectivity index (χ1n) is 12.8. The van der Waals surface area contributed by atoms with Crippen LogP contribution in [0, 0.1) is 18.2 Å². The third kappa shape index (κ3) is 6.01. The summed E-state index contributed by atoms with van der Waals surface area (Å²) in [4.78, 5) is 28.3. The van der Waals surface area contributed by atoms with Crippen LogP contribution < -0.4 is 10.1 Å². The highest BCUT2D eigenvalue weighted by molar-refractivity contribution is 5.94. The number of hydrogen-bond donors (Lipinski definition) is 1. The van der Waals surface area contributed by atoms with Gasteiger partial charge >= 0.3 is 0 Å². The number of rotatable bonds is 6. The Hall–Kier alpha value is -3.67. The number of carbonyl (C=O) groups excluding carboxylic acids is 2. The van der Waals surface area contributed by atoms with Gasteiger partial charge in [-0.15, -0.1) is 0 Å². The number of ether oxygens (including phenoxy) is 1. The molecule has 0 saturated heterocycles. The molecule has 0 bridgehead atoms. The van der Waals surface area contributed by atoms with E-state index in [1.54, 1.807) is 12.1 Å². The molecule has 1 aliphatic heterocycles. The van der Waals surface area contributed by atoms with Crippen LogP contribution in [-0.2, 0) is 16.0 Å². The number of benzene rings is 3. The third-order valence-corrected chi connectivity index (χ3v) is 6.66. The number of carbonyl (C=O) groups is 2. The molecule has 0 radical (unpaired) electrons. The highest BCUT2D eigenvalue weighted by Crippen LogP contribution is 2.39. The zero-order valence-electron chi connectivity index (χ0n) is 22.2. The Morgan fingerprint density at radius 3 is 2.46 bits per heavy atom. The van der Waals surface area contributed by atoms with E-state index in [1.165, 1.54) is 12.1 Å². The molecule has 0 unspecified atom stereocenters. The predicted octanol–water partition coefficient (Wildman–Crippen LogP) is 6.45. The number of nitrogens with one attached hydrogen (secondary N) is 1. The number of hydrogen-bond acceptors (Lipinski definition) is 3. The molecule has 5 nitrogen and oxygen atoms in total. The number of fused-ring (bicyclic) bond motifs is 1. The maximum Gasteiger partial charge on any atom is 0.265 e. The minimum Gasteiger partial charge on any atom is -0.481 e. The van der Waals surface area contributed by atoms with Gasteiger partial charge in [-0.3, -0.25) is 9.59 Å². The van der Waals surface area contributed by atoms with Crippen molar-refractivity contribution < 1.29 is 18.7 Å². The lowest BCUT2D eigenvalue weighted by Crippen LogP contribution is -2.45. The molecule has 194 valence electrons. The molecule has 2 amide bonds. The van der Waals surface area contributed by atoms with Crippen LogP contribution in [0.4, 0.5) is 10.1 Å². The van der Waals surface area contributed by atoms with Crippen molar-refractivity contribution in [2.24, 2.45) is 5.41 Å². The van der Waals surface area contributed by atoms with Crippen LogP contribution in [0.15, 0.2) is 66.7 Å². The molecule has 1 heterocycles. The average Bonchev–Trinajstić information content (AvgIpc) is 2.86. The molecule has 0 fully saturated rings. The van der Waals surface area contributed by atoms with Crippen molar-refractivity contribution in [3.05, 3.63) is 94.8 Å². The van der Waals surface area contributed by atoms with Gasteiger partial charge in [0.05, 0.1) is 6.04 Å². The molecule has 2 atom stereocenters. The van der Waals surface area contributed by atoms with Crippen molar-refractivity contribution in [1.82, 2.24) is 4.90 Å². The van der Waals surface area contributed by atoms with E-state index in [0.717, 1.165) is 27.9 Å². The van der Waals surface area contributed by atoms with Gasteiger partial charge in [0.1, 0.15) is 11.6 Å². The van der Waals surface area contributed by atoms with Gasteiger partial charge < -0.3 is 15.0 Å². The summed E-state index contributed by atoms with van der Waals surface area (Å²) in [5.41, 5.74) is 4.10. The SMILES string of the molecule is CC[C@@H](Oc1ccc2c(c1)[C@@H](c1ccc(F)cc1)N(C(=O)C(C)(C)C)CC2)C(=O)Nc1cccc(C)c1. The summed E-state index contributed by atoms with van der Waals surface area (Å²) >= 11 is 0. The molecular formula is C31H35FN2O3. The van der Waals surface area contributed by atoms with Gasteiger partial charge in [-0.1, -0.05) is 58.0 Å². The molecule has 3 aromatic carbocycles. The van der Waals surface area contributed by atoms with Crippen LogP contribution in [0.5, 0.6) is 5.75 Å². The maximum absolute atomic E-state index is 13.8. The van der Waals surface area contributed by atoms with Gasteiger partial charge in [-0.2, -0.15) is 0 Å². The van der Waals surface area contributed by atoms with Crippen LogP contribution >= 0.6 is 0 Å². The molecule has 1 N–H and O–H groups in total. The van der Waals surface area contributed by atoms with Crippen LogP contribution in [0.2, 0.25) is 0 Å². The summed E-state index contributed by atoms with van der Waals surface area (Å²) in [5.74, 6) is 0.0475. The molecule has 1 aliphatic rings. The first-order valence-corrected chi connectivity index (χ1v) is 12.8. The molecule has 37 heavy (non-hydrogen) atoms. The van der Waals surface area contributed by atoms with E-state index in [1.807, 2.05) is 82.0 Å². The number of anilines is 1. The van der Waals surface area contributed by atoms with Gasteiger partial charge in [-0.05, 0) is 78.4 Å². The summed E-state index contributed by atoms with van der Waals surface area (Å²) in [6.45, 7) is 10.2. The van der Waals surface area contributed by atoms with E-state index in [2.05, 4.69) is 5.32 Å². The summed E-state index contributed by atoms with van der Waals surface area (Å²) in [5, 5.41) is 2.94. The Balaban J connectivity index is 1.65.